The van der Waals surface area contributed by atoms with Gasteiger partial charge in [-0.05, 0) is 50.1 Å². The Hall–Kier alpha value is -0.540. The summed E-state index contributed by atoms with van der Waals surface area (Å²) in [6.07, 6.45) is 1.08. The zero-order valence-corrected chi connectivity index (χ0v) is 12.1. The molecular formula is C13H20BrNO. The molecule has 0 heterocycles. The molecule has 0 bridgehead atoms. The fraction of sp³-hybridized carbons (Fsp3) is 0.538. The molecule has 0 aromatic heterocycles. The second-order valence-corrected chi connectivity index (χ2v) is 4.63. The van der Waals surface area contributed by atoms with Crippen molar-refractivity contribution in [2.45, 2.75) is 20.3 Å². The normalized spacial score (nSPS) is 10.9. The smallest absolute Gasteiger partial charge is 0.122 e. The molecule has 0 saturated carbocycles. The summed E-state index contributed by atoms with van der Waals surface area (Å²) in [6.45, 7) is 5.35. The van der Waals surface area contributed by atoms with Crippen LogP contribution in [0, 0.1) is 13.8 Å². The Labute approximate surface area is 107 Å². The van der Waals surface area contributed by atoms with Gasteiger partial charge in [0.1, 0.15) is 5.75 Å². The van der Waals surface area contributed by atoms with E-state index in [-0.39, 0.29) is 0 Å². The second kappa shape index (κ2) is 6.26. The number of benzene rings is 1. The summed E-state index contributed by atoms with van der Waals surface area (Å²) in [4.78, 5) is 2.25. The van der Waals surface area contributed by atoms with Crippen LogP contribution in [0.2, 0.25) is 0 Å². The van der Waals surface area contributed by atoms with Crippen LogP contribution in [-0.4, -0.2) is 31.1 Å². The van der Waals surface area contributed by atoms with E-state index in [4.69, 9.17) is 4.74 Å². The molecular weight excluding hydrogens is 266 g/mol. The SMILES string of the molecule is COc1ccc(CCN(C)CBr)c(C)c1C. The van der Waals surface area contributed by atoms with Gasteiger partial charge in [0.2, 0.25) is 0 Å². The van der Waals surface area contributed by atoms with Crippen molar-refractivity contribution in [1.82, 2.24) is 4.90 Å². The quantitative estimate of drug-likeness (QED) is 0.609. The van der Waals surface area contributed by atoms with Gasteiger partial charge in [-0.15, -0.1) is 0 Å². The maximum Gasteiger partial charge on any atom is 0.122 e. The van der Waals surface area contributed by atoms with Gasteiger partial charge in [0.25, 0.3) is 0 Å². The molecule has 0 aliphatic rings. The van der Waals surface area contributed by atoms with E-state index in [9.17, 15) is 0 Å². The molecule has 0 N–H and O–H groups in total. The Morgan fingerprint density at radius 1 is 1.25 bits per heavy atom. The Morgan fingerprint density at radius 3 is 2.50 bits per heavy atom. The number of ether oxygens (including phenoxy) is 1. The number of hydrogen-bond donors (Lipinski definition) is 0. The van der Waals surface area contributed by atoms with E-state index in [2.05, 4.69) is 53.9 Å². The molecule has 2 nitrogen and oxygen atoms in total. The van der Waals surface area contributed by atoms with Gasteiger partial charge in [0, 0.05) is 6.54 Å². The average molecular weight is 286 g/mol. The van der Waals surface area contributed by atoms with Crippen molar-refractivity contribution < 1.29 is 4.74 Å². The van der Waals surface area contributed by atoms with Crippen LogP contribution in [0.5, 0.6) is 5.75 Å². The van der Waals surface area contributed by atoms with Crippen LogP contribution >= 0.6 is 15.9 Å². The maximum absolute atomic E-state index is 5.31. The predicted molar refractivity (Wildman–Crippen MR) is 72.6 cm³/mol. The molecule has 0 amide bonds. The number of nitrogens with zero attached hydrogens (tertiary/aromatic N) is 1. The van der Waals surface area contributed by atoms with Gasteiger partial charge >= 0.3 is 0 Å². The fourth-order valence-electron chi connectivity index (χ4n) is 1.71. The molecule has 0 fully saturated rings. The molecule has 0 unspecified atom stereocenters. The van der Waals surface area contributed by atoms with Gasteiger partial charge in [-0.25, -0.2) is 0 Å². The molecule has 0 radical (unpaired) electrons. The lowest BCUT2D eigenvalue weighted by Crippen LogP contribution is -2.19. The third-order valence-electron chi connectivity index (χ3n) is 3.04. The van der Waals surface area contributed by atoms with Gasteiger partial charge in [-0.1, -0.05) is 22.0 Å². The van der Waals surface area contributed by atoms with Crippen molar-refractivity contribution in [3.8, 4) is 5.75 Å². The largest absolute Gasteiger partial charge is 0.496 e. The summed E-state index contributed by atoms with van der Waals surface area (Å²) in [7, 11) is 3.83. The van der Waals surface area contributed by atoms with Crippen LogP contribution in [0.15, 0.2) is 12.1 Å². The van der Waals surface area contributed by atoms with Crippen LogP contribution in [0.4, 0.5) is 0 Å². The van der Waals surface area contributed by atoms with Crippen LogP contribution in [0.3, 0.4) is 0 Å². The highest BCUT2D eigenvalue weighted by atomic mass is 79.9. The number of methoxy groups -OCH3 is 1. The zero-order valence-electron chi connectivity index (χ0n) is 10.5. The molecule has 1 aromatic rings. The highest BCUT2D eigenvalue weighted by Gasteiger charge is 2.07. The van der Waals surface area contributed by atoms with Crippen LogP contribution in [0.1, 0.15) is 16.7 Å². The predicted octanol–water partition coefficient (Wildman–Crippen LogP) is 3.14. The Bertz CT molecular complexity index is 352. The summed E-state index contributed by atoms with van der Waals surface area (Å²) in [5.74, 6) is 0.982. The van der Waals surface area contributed by atoms with E-state index in [1.54, 1.807) is 7.11 Å². The molecule has 90 valence electrons. The maximum atomic E-state index is 5.31. The standard InChI is InChI=1S/C13H20BrNO/c1-10-11(2)13(16-4)6-5-12(10)7-8-15(3)9-14/h5-6H,7-9H2,1-4H3. The minimum Gasteiger partial charge on any atom is -0.496 e. The average Bonchev–Trinajstić information content (AvgIpc) is 2.30. The van der Waals surface area contributed by atoms with Crippen molar-refractivity contribution in [3.63, 3.8) is 0 Å². The zero-order chi connectivity index (χ0) is 12.1. The highest BCUT2D eigenvalue weighted by molar-refractivity contribution is 9.09. The van der Waals surface area contributed by atoms with E-state index in [0.717, 1.165) is 24.2 Å². The number of hydrogen-bond acceptors (Lipinski definition) is 2. The summed E-state index contributed by atoms with van der Waals surface area (Å²) in [5.41, 5.74) is 4.93. The van der Waals surface area contributed by atoms with E-state index in [1.807, 2.05) is 0 Å². The Morgan fingerprint density at radius 2 is 1.94 bits per heavy atom. The lowest BCUT2D eigenvalue weighted by atomic mass is 10.00. The number of alkyl halides is 1. The summed E-state index contributed by atoms with van der Waals surface area (Å²) in [6, 6.07) is 4.23. The first-order chi connectivity index (χ1) is 7.60. The van der Waals surface area contributed by atoms with Crippen molar-refractivity contribution in [2.24, 2.45) is 0 Å². The van der Waals surface area contributed by atoms with Crippen LogP contribution in [0.25, 0.3) is 0 Å². The van der Waals surface area contributed by atoms with Gasteiger partial charge in [0.15, 0.2) is 0 Å². The summed E-state index contributed by atoms with van der Waals surface area (Å²) < 4.78 is 5.31. The lowest BCUT2D eigenvalue weighted by molar-refractivity contribution is 0.399. The number of halogens is 1. The minimum absolute atomic E-state index is 0.918. The van der Waals surface area contributed by atoms with E-state index < -0.39 is 0 Å². The van der Waals surface area contributed by atoms with Crippen molar-refractivity contribution in [1.29, 1.82) is 0 Å². The second-order valence-electron chi connectivity index (χ2n) is 4.13. The molecule has 0 aliphatic heterocycles. The molecule has 0 saturated heterocycles. The minimum atomic E-state index is 0.918. The fourth-order valence-corrected chi connectivity index (χ4v) is 1.97. The number of rotatable bonds is 5. The molecule has 1 aromatic carbocycles. The van der Waals surface area contributed by atoms with Crippen molar-refractivity contribution >= 4 is 15.9 Å². The molecule has 1 rings (SSSR count). The van der Waals surface area contributed by atoms with Gasteiger partial charge in [-0.2, -0.15) is 0 Å². The van der Waals surface area contributed by atoms with E-state index in [1.165, 1.54) is 16.7 Å². The monoisotopic (exact) mass is 285 g/mol. The Balaban J connectivity index is 2.78. The first-order valence-electron chi connectivity index (χ1n) is 5.47. The van der Waals surface area contributed by atoms with Gasteiger partial charge in [-0.3, -0.25) is 4.90 Å². The highest BCUT2D eigenvalue weighted by Crippen LogP contribution is 2.24. The third kappa shape index (κ3) is 3.22. The summed E-state index contributed by atoms with van der Waals surface area (Å²) in [5, 5.41) is 0. The van der Waals surface area contributed by atoms with Crippen LogP contribution < -0.4 is 4.74 Å². The number of likely N-dealkylation sites (N-methyl/N-ethyl adjacent to an activating group) is 1. The molecule has 0 atom stereocenters. The Kier molecular flexibility index (Phi) is 5.29. The van der Waals surface area contributed by atoms with Crippen molar-refractivity contribution in [2.75, 3.05) is 26.2 Å². The molecule has 0 aliphatic carbocycles. The third-order valence-corrected chi connectivity index (χ3v) is 3.89. The van der Waals surface area contributed by atoms with E-state index >= 15 is 0 Å². The molecule has 16 heavy (non-hydrogen) atoms. The van der Waals surface area contributed by atoms with E-state index in [0.29, 0.717) is 0 Å². The molecule has 3 heteroatoms. The van der Waals surface area contributed by atoms with Crippen molar-refractivity contribution in [3.05, 3.63) is 28.8 Å². The molecule has 0 spiro atoms. The van der Waals surface area contributed by atoms with Gasteiger partial charge in [0.05, 0.1) is 12.6 Å². The topological polar surface area (TPSA) is 12.5 Å². The van der Waals surface area contributed by atoms with Crippen LogP contribution in [-0.2, 0) is 6.42 Å². The van der Waals surface area contributed by atoms with Gasteiger partial charge < -0.3 is 4.74 Å². The summed E-state index contributed by atoms with van der Waals surface area (Å²) >= 11 is 3.45. The lowest BCUT2D eigenvalue weighted by Gasteiger charge is -2.16. The first kappa shape index (κ1) is 13.5. The first-order valence-corrected chi connectivity index (χ1v) is 6.60.